The van der Waals surface area contributed by atoms with Gasteiger partial charge in [-0.2, -0.15) is 0 Å². The summed E-state index contributed by atoms with van der Waals surface area (Å²) in [5.41, 5.74) is 2.56. The number of rotatable bonds is 5. The number of carbonyl (C=O) groups is 1. The van der Waals surface area contributed by atoms with E-state index in [4.69, 9.17) is 9.72 Å². The van der Waals surface area contributed by atoms with Gasteiger partial charge in [-0.15, -0.1) is 11.3 Å². The fourth-order valence-electron chi connectivity index (χ4n) is 3.74. The van der Waals surface area contributed by atoms with Crippen LogP contribution in [0.2, 0.25) is 0 Å². The van der Waals surface area contributed by atoms with Crippen LogP contribution in [-0.4, -0.2) is 46.1 Å². The van der Waals surface area contributed by atoms with Gasteiger partial charge in [0, 0.05) is 30.6 Å². The summed E-state index contributed by atoms with van der Waals surface area (Å²) in [7, 11) is 0. The number of nitrogens with zero attached hydrogens (tertiary/aromatic N) is 3. The maximum Gasteiger partial charge on any atom is 0.407 e. The molecular weight excluding hydrogens is 388 g/mol. The molecule has 8 heteroatoms. The first-order valence-corrected chi connectivity index (χ1v) is 10.7. The van der Waals surface area contributed by atoms with E-state index in [1.807, 2.05) is 35.7 Å². The number of aromatic nitrogens is 2. The molecule has 3 aromatic rings. The van der Waals surface area contributed by atoms with Crippen molar-refractivity contribution >= 4 is 22.4 Å². The van der Waals surface area contributed by atoms with Gasteiger partial charge >= 0.3 is 6.09 Å². The van der Waals surface area contributed by atoms with Crippen molar-refractivity contribution in [3.8, 4) is 11.3 Å². The van der Waals surface area contributed by atoms with Crippen molar-refractivity contribution in [1.29, 1.82) is 0 Å². The summed E-state index contributed by atoms with van der Waals surface area (Å²) in [5, 5.41) is 4.89. The number of likely N-dealkylation sites (tertiary alicyclic amines) is 1. The minimum absolute atomic E-state index is 0.0547. The van der Waals surface area contributed by atoms with E-state index in [-0.39, 0.29) is 17.7 Å². The van der Waals surface area contributed by atoms with Gasteiger partial charge in [-0.1, -0.05) is 30.3 Å². The highest BCUT2D eigenvalue weighted by Gasteiger charge is 2.22. The van der Waals surface area contributed by atoms with Crippen LogP contribution in [0, 0.1) is 0 Å². The molecule has 1 fully saturated rings. The van der Waals surface area contributed by atoms with Gasteiger partial charge in [0.2, 0.25) is 0 Å². The molecule has 1 atom stereocenters. The number of alkyl carbamates (subject to hydrolysis) is 1. The Kier molecular flexibility index (Phi) is 5.92. The second-order valence-corrected chi connectivity index (χ2v) is 7.97. The predicted molar refractivity (Wildman–Crippen MR) is 113 cm³/mol. The number of fused-ring (bicyclic) bond motifs is 1. The number of thiazole rings is 1. The van der Waals surface area contributed by atoms with Gasteiger partial charge in [0.25, 0.3) is 5.56 Å². The highest BCUT2D eigenvalue weighted by molar-refractivity contribution is 7.15. The molecule has 1 aromatic carbocycles. The highest BCUT2D eigenvalue weighted by atomic mass is 32.1. The Morgan fingerprint density at radius 1 is 1.34 bits per heavy atom. The fraction of sp³-hybridized carbons (Fsp3) is 0.381. The van der Waals surface area contributed by atoms with Crippen molar-refractivity contribution in [2.75, 3.05) is 19.7 Å². The molecule has 1 aliphatic rings. The van der Waals surface area contributed by atoms with Crippen molar-refractivity contribution in [2.24, 2.45) is 0 Å². The minimum atomic E-state index is -0.371. The molecule has 4 rings (SSSR count). The van der Waals surface area contributed by atoms with E-state index in [0.29, 0.717) is 18.1 Å². The third-order valence-corrected chi connectivity index (χ3v) is 5.84. The predicted octanol–water partition coefficient (Wildman–Crippen LogP) is 3.13. The van der Waals surface area contributed by atoms with E-state index in [2.05, 4.69) is 10.2 Å². The number of hydrogen-bond acceptors (Lipinski definition) is 6. The molecule has 2 aromatic heterocycles. The minimum Gasteiger partial charge on any atom is -0.450 e. The van der Waals surface area contributed by atoms with Gasteiger partial charge in [-0.3, -0.25) is 14.1 Å². The quantitative estimate of drug-likeness (QED) is 0.697. The second kappa shape index (κ2) is 8.75. The average molecular weight is 413 g/mol. The van der Waals surface area contributed by atoms with E-state index in [9.17, 15) is 9.59 Å². The molecular formula is C21H24N4O3S. The monoisotopic (exact) mass is 412 g/mol. The van der Waals surface area contributed by atoms with E-state index in [1.54, 1.807) is 17.4 Å². The zero-order valence-electron chi connectivity index (χ0n) is 16.3. The van der Waals surface area contributed by atoms with Crippen molar-refractivity contribution in [2.45, 2.75) is 32.4 Å². The molecule has 0 bridgehead atoms. The Morgan fingerprint density at radius 2 is 2.17 bits per heavy atom. The molecule has 7 nitrogen and oxygen atoms in total. The summed E-state index contributed by atoms with van der Waals surface area (Å²) in [6.07, 6.45) is 1.54. The normalized spacial score (nSPS) is 17.3. The van der Waals surface area contributed by atoms with Gasteiger partial charge in [0.15, 0.2) is 4.96 Å². The Hall–Kier alpha value is -2.71. The first-order chi connectivity index (χ1) is 14.1. The van der Waals surface area contributed by atoms with Crippen LogP contribution in [0.15, 0.2) is 46.6 Å². The molecule has 0 aliphatic carbocycles. The second-order valence-electron chi connectivity index (χ2n) is 7.13. The SMILES string of the molecule is CCOC(=O)N[C@H]1CCCN(Cc2cc(=O)n3c(-c4ccccc4)csc3n2)C1. The molecule has 1 aliphatic heterocycles. The van der Waals surface area contributed by atoms with Gasteiger partial charge in [-0.05, 0) is 31.9 Å². The van der Waals surface area contributed by atoms with Gasteiger partial charge in [-0.25, -0.2) is 9.78 Å². The summed E-state index contributed by atoms with van der Waals surface area (Å²) in [5.74, 6) is 0. The fourth-order valence-corrected chi connectivity index (χ4v) is 4.66. The van der Waals surface area contributed by atoms with Crippen molar-refractivity contribution in [3.05, 3.63) is 57.8 Å². The van der Waals surface area contributed by atoms with Crippen LogP contribution in [0.5, 0.6) is 0 Å². The van der Waals surface area contributed by atoms with Crippen LogP contribution in [0.1, 0.15) is 25.5 Å². The van der Waals surface area contributed by atoms with Crippen LogP contribution >= 0.6 is 11.3 Å². The van der Waals surface area contributed by atoms with Gasteiger partial charge in [0.1, 0.15) is 0 Å². The molecule has 0 radical (unpaired) electrons. The molecule has 0 spiro atoms. The lowest BCUT2D eigenvalue weighted by Crippen LogP contribution is -2.47. The number of piperidine rings is 1. The molecule has 152 valence electrons. The summed E-state index contributed by atoms with van der Waals surface area (Å²) in [4.78, 5) is 32.1. The number of nitrogens with one attached hydrogen (secondary N) is 1. The molecule has 0 unspecified atom stereocenters. The van der Waals surface area contributed by atoms with Gasteiger partial charge < -0.3 is 10.1 Å². The molecule has 3 heterocycles. The lowest BCUT2D eigenvalue weighted by Gasteiger charge is -2.32. The zero-order chi connectivity index (χ0) is 20.2. The first-order valence-electron chi connectivity index (χ1n) is 9.85. The Bertz CT molecular complexity index is 1050. The molecule has 1 amide bonds. The van der Waals surface area contributed by atoms with E-state index >= 15 is 0 Å². The third kappa shape index (κ3) is 4.49. The van der Waals surface area contributed by atoms with E-state index < -0.39 is 0 Å². The van der Waals surface area contributed by atoms with Gasteiger partial charge in [0.05, 0.1) is 18.0 Å². The first kappa shape index (κ1) is 19.6. The number of benzene rings is 1. The maximum absolute atomic E-state index is 12.8. The van der Waals surface area contributed by atoms with Crippen molar-refractivity contribution < 1.29 is 9.53 Å². The van der Waals surface area contributed by atoms with E-state index in [1.165, 1.54) is 11.3 Å². The van der Waals surface area contributed by atoms with Crippen molar-refractivity contribution in [3.63, 3.8) is 0 Å². The van der Waals surface area contributed by atoms with Crippen LogP contribution in [0.3, 0.4) is 0 Å². The van der Waals surface area contributed by atoms with Crippen LogP contribution < -0.4 is 10.9 Å². The number of amides is 1. The zero-order valence-corrected chi connectivity index (χ0v) is 17.2. The highest BCUT2D eigenvalue weighted by Crippen LogP contribution is 2.24. The smallest absolute Gasteiger partial charge is 0.407 e. The van der Waals surface area contributed by atoms with Crippen LogP contribution in [0.25, 0.3) is 16.2 Å². The Labute approximate surface area is 173 Å². The number of carbonyl (C=O) groups excluding carboxylic acids is 1. The average Bonchev–Trinajstić information content (AvgIpc) is 3.14. The van der Waals surface area contributed by atoms with Crippen LogP contribution in [-0.2, 0) is 11.3 Å². The molecule has 1 N–H and O–H groups in total. The standard InChI is InChI=1S/C21H24N4O3S/c1-2-28-21(27)23-16-9-6-10-24(12-16)13-17-11-19(26)25-18(14-29-20(25)22-17)15-7-4-3-5-8-15/h3-5,7-8,11,14,16H,2,6,9-10,12-13H2,1H3,(H,23,27)/t16-/m0/s1. The largest absolute Gasteiger partial charge is 0.450 e. The topological polar surface area (TPSA) is 75.9 Å². The number of ether oxygens (including phenoxy) is 1. The molecule has 1 saturated heterocycles. The Balaban J connectivity index is 1.50. The maximum atomic E-state index is 12.8. The Morgan fingerprint density at radius 3 is 2.97 bits per heavy atom. The summed E-state index contributed by atoms with van der Waals surface area (Å²) >= 11 is 1.47. The lowest BCUT2D eigenvalue weighted by atomic mass is 10.1. The number of hydrogen-bond donors (Lipinski definition) is 1. The van der Waals surface area contributed by atoms with Crippen LogP contribution in [0.4, 0.5) is 4.79 Å². The third-order valence-electron chi connectivity index (χ3n) is 5.02. The lowest BCUT2D eigenvalue weighted by molar-refractivity contribution is 0.132. The van der Waals surface area contributed by atoms with Crippen molar-refractivity contribution in [1.82, 2.24) is 19.6 Å². The van der Waals surface area contributed by atoms with E-state index in [0.717, 1.165) is 42.9 Å². The molecule has 0 saturated carbocycles. The summed E-state index contributed by atoms with van der Waals surface area (Å²) < 4.78 is 6.65. The summed E-state index contributed by atoms with van der Waals surface area (Å²) in [6, 6.07) is 11.5. The summed E-state index contributed by atoms with van der Waals surface area (Å²) in [6.45, 7) is 4.38. The molecule has 29 heavy (non-hydrogen) atoms.